The summed E-state index contributed by atoms with van der Waals surface area (Å²) in [7, 11) is 0. The van der Waals surface area contributed by atoms with E-state index in [2.05, 4.69) is 86.1 Å². The molecule has 13 heteroatoms. The lowest BCUT2D eigenvalue weighted by molar-refractivity contribution is 0.0513. The van der Waals surface area contributed by atoms with Crippen molar-refractivity contribution < 1.29 is 47.5 Å². The number of rotatable bonds is 22. The van der Waals surface area contributed by atoms with Crippen LogP contribution in [0.25, 0.3) is 33.4 Å². The summed E-state index contributed by atoms with van der Waals surface area (Å²) in [6.07, 6.45) is 2.14. The van der Waals surface area contributed by atoms with Gasteiger partial charge in [-0.1, -0.05) is 58.4 Å². The minimum Gasteiger partial charge on any atom is -0.493 e. The number of benzene rings is 4. The van der Waals surface area contributed by atoms with Crippen LogP contribution in [0.1, 0.15) is 128 Å². The maximum Gasteiger partial charge on any atom is 0.407 e. The van der Waals surface area contributed by atoms with Crippen LogP contribution in [0.3, 0.4) is 0 Å². The van der Waals surface area contributed by atoms with Crippen LogP contribution in [0.4, 0.5) is 14.4 Å². The van der Waals surface area contributed by atoms with Gasteiger partial charge >= 0.3 is 18.3 Å². The molecule has 0 aliphatic rings. The highest BCUT2D eigenvalue weighted by Crippen LogP contribution is 2.39. The average molecular weight is 954 g/mol. The van der Waals surface area contributed by atoms with E-state index < -0.39 is 35.1 Å². The summed E-state index contributed by atoms with van der Waals surface area (Å²) < 4.78 is 41.4. The fourth-order valence-corrected chi connectivity index (χ4v) is 6.74. The van der Waals surface area contributed by atoms with Gasteiger partial charge in [0, 0.05) is 31.8 Å². The van der Waals surface area contributed by atoms with Crippen molar-refractivity contribution in [1.82, 2.24) is 16.0 Å². The second-order valence-corrected chi connectivity index (χ2v) is 21.1. The Morgan fingerprint density at radius 3 is 0.971 bits per heavy atom. The van der Waals surface area contributed by atoms with Crippen molar-refractivity contribution in [1.29, 1.82) is 0 Å². The highest BCUT2D eigenvalue weighted by molar-refractivity contribution is 5.83. The van der Waals surface area contributed by atoms with E-state index in [0.717, 1.165) is 46.2 Å². The fraction of sp³-hybridized carbons (Fsp3) is 0.518. The third-order valence-corrected chi connectivity index (χ3v) is 9.98. The molecular weight excluding hydrogens is 875 g/mol. The van der Waals surface area contributed by atoms with E-state index in [1.807, 2.05) is 98.7 Å². The van der Waals surface area contributed by atoms with E-state index in [9.17, 15) is 14.4 Å². The number of ether oxygens (including phenoxy) is 7. The maximum atomic E-state index is 12.3. The number of hydrogen-bond acceptors (Lipinski definition) is 10. The molecule has 69 heavy (non-hydrogen) atoms. The smallest absolute Gasteiger partial charge is 0.407 e. The first-order valence-electron chi connectivity index (χ1n) is 24.3. The molecule has 0 fully saturated rings. The van der Waals surface area contributed by atoms with E-state index >= 15 is 0 Å². The van der Waals surface area contributed by atoms with Gasteiger partial charge in [-0.3, -0.25) is 0 Å². The molecule has 4 rings (SSSR count). The monoisotopic (exact) mass is 954 g/mol. The Labute approximate surface area is 411 Å². The Morgan fingerprint density at radius 2 is 0.681 bits per heavy atom. The molecule has 3 N–H and O–H groups in total. The van der Waals surface area contributed by atoms with Crippen LogP contribution in [-0.2, 0) is 19.6 Å². The summed E-state index contributed by atoms with van der Waals surface area (Å²) in [6, 6.07) is 27.0. The molecule has 3 amide bonds. The van der Waals surface area contributed by atoms with E-state index in [-0.39, 0.29) is 5.41 Å². The topological polar surface area (TPSA) is 152 Å². The Kier molecular flexibility index (Phi) is 20.5. The predicted octanol–water partition coefficient (Wildman–Crippen LogP) is 13.0. The Hall–Kier alpha value is -6.11. The number of hydrogen-bond donors (Lipinski definition) is 3. The molecule has 0 radical (unpaired) electrons. The lowest BCUT2D eigenvalue weighted by Gasteiger charge is -2.20. The van der Waals surface area contributed by atoms with Crippen molar-refractivity contribution in [3.8, 4) is 56.4 Å². The molecule has 0 aliphatic carbocycles. The van der Waals surface area contributed by atoms with Crippen molar-refractivity contribution in [2.24, 2.45) is 0 Å². The van der Waals surface area contributed by atoms with Gasteiger partial charge in [-0.15, -0.1) is 0 Å². The number of nitrogens with one attached hydrogen (secondary N) is 3. The Morgan fingerprint density at radius 1 is 0.391 bits per heavy atom. The van der Waals surface area contributed by atoms with Gasteiger partial charge in [0.15, 0.2) is 0 Å². The fourth-order valence-electron chi connectivity index (χ4n) is 6.74. The lowest BCUT2D eigenvalue weighted by Crippen LogP contribution is -2.33. The molecule has 0 aliphatic heterocycles. The predicted molar refractivity (Wildman–Crippen MR) is 275 cm³/mol. The molecule has 0 heterocycles. The minimum atomic E-state index is -0.596. The van der Waals surface area contributed by atoms with Crippen molar-refractivity contribution >= 4 is 18.3 Å². The summed E-state index contributed by atoms with van der Waals surface area (Å²) in [5, 5.41) is 8.40. The minimum absolute atomic E-state index is 0.0135. The third-order valence-electron chi connectivity index (χ3n) is 9.98. The van der Waals surface area contributed by atoms with Crippen molar-refractivity contribution in [2.45, 2.75) is 144 Å². The quantitative estimate of drug-likeness (QED) is 0.0513. The van der Waals surface area contributed by atoms with Crippen molar-refractivity contribution in [3.63, 3.8) is 0 Å². The molecule has 4 aromatic carbocycles. The van der Waals surface area contributed by atoms with Gasteiger partial charge in [0.25, 0.3) is 0 Å². The van der Waals surface area contributed by atoms with Crippen LogP contribution >= 0.6 is 0 Å². The second kappa shape index (κ2) is 25.5. The Bertz CT molecular complexity index is 2210. The SMILES string of the molecule is CCCCOc1cc(OCCCNC(=O)OC(C)(C)C)cc(-c2cc(-c3ccc(C(C)(C)C)cc3)cc(-c3cc(OCCCNC(=O)OC(C)(C)C)cc(OCCCNC(=O)OC(C)(C)C)c3)c2)c1. The lowest BCUT2D eigenvalue weighted by atomic mass is 9.86. The molecule has 0 saturated heterocycles. The first kappa shape index (κ1) is 55.5. The van der Waals surface area contributed by atoms with Gasteiger partial charge < -0.3 is 49.1 Å². The van der Waals surface area contributed by atoms with Gasteiger partial charge in [-0.05, 0) is 175 Å². The summed E-state index contributed by atoms with van der Waals surface area (Å²) >= 11 is 0. The van der Waals surface area contributed by atoms with Crippen molar-refractivity contribution in [2.75, 3.05) is 46.1 Å². The zero-order chi connectivity index (χ0) is 50.8. The average Bonchev–Trinajstić information content (AvgIpc) is 3.24. The number of amides is 3. The highest BCUT2D eigenvalue weighted by Gasteiger charge is 2.19. The molecule has 0 saturated carbocycles. The van der Waals surface area contributed by atoms with Crippen LogP contribution in [0.2, 0.25) is 0 Å². The third kappa shape index (κ3) is 21.4. The summed E-state index contributed by atoms with van der Waals surface area (Å²) in [5.74, 6) is 2.52. The molecule has 13 nitrogen and oxygen atoms in total. The van der Waals surface area contributed by atoms with E-state index in [1.165, 1.54) is 5.56 Å². The molecule has 0 atom stereocenters. The molecule has 0 aromatic heterocycles. The van der Waals surface area contributed by atoms with Gasteiger partial charge in [0.1, 0.15) is 39.8 Å². The van der Waals surface area contributed by atoms with Crippen LogP contribution in [0.5, 0.6) is 23.0 Å². The molecule has 4 aromatic rings. The molecular formula is C56H79N3O10. The summed E-state index contributed by atoms with van der Waals surface area (Å²) in [4.78, 5) is 36.8. The van der Waals surface area contributed by atoms with Gasteiger partial charge in [0.2, 0.25) is 0 Å². The zero-order valence-electron chi connectivity index (χ0n) is 43.6. The number of carbonyl (C=O) groups excluding carboxylic acids is 3. The van der Waals surface area contributed by atoms with Gasteiger partial charge in [-0.2, -0.15) is 0 Å². The molecule has 378 valence electrons. The second-order valence-electron chi connectivity index (χ2n) is 21.1. The normalized spacial score (nSPS) is 11.8. The van der Waals surface area contributed by atoms with Gasteiger partial charge in [0.05, 0.1) is 26.4 Å². The number of carbonyl (C=O) groups is 3. The van der Waals surface area contributed by atoms with Crippen molar-refractivity contribution in [3.05, 3.63) is 84.4 Å². The number of alkyl carbamates (subject to hydrolysis) is 3. The maximum absolute atomic E-state index is 12.3. The standard InChI is InChI=1S/C56H79N3O10/c1-14-15-26-63-46-33-43(34-47(37-46)64-27-16-23-57-50(60)67-54(5,6)7)41-30-40(39-19-21-45(22-20-39)53(2,3)4)31-42(32-41)44-35-48(65-28-17-24-58-51(61)68-55(8,9)10)38-49(36-44)66-29-18-25-59-52(62)69-56(11,12)13/h19-22,30-38H,14-18,23-29H2,1-13H3,(H,57,60)(H,58,61)(H,59,62). The van der Waals surface area contributed by atoms with E-state index in [0.29, 0.717) is 88.3 Å². The number of unbranched alkanes of at least 4 members (excludes halogenated alkanes) is 1. The molecule has 0 unspecified atom stereocenters. The molecule has 0 bridgehead atoms. The summed E-state index contributed by atoms with van der Waals surface area (Å²) in [5.41, 5.74) is 5.12. The van der Waals surface area contributed by atoms with E-state index in [4.69, 9.17) is 33.2 Å². The first-order valence-corrected chi connectivity index (χ1v) is 24.3. The van der Waals surface area contributed by atoms with Crippen LogP contribution in [0, 0.1) is 0 Å². The van der Waals surface area contributed by atoms with Gasteiger partial charge in [-0.25, -0.2) is 14.4 Å². The Balaban J connectivity index is 1.72. The van der Waals surface area contributed by atoms with E-state index in [1.54, 1.807) is 0 Å². The largest absolute Gasteiger partial charge is 0.493 e. The van der Waals surface area contributed by atoms with Crippen LogP contribution < -0.4 is 34.9 Å². The molecule has 0 spiro atoms. The highest BCUT2D eigenvalue weighted by atomic mass is 16.6. The van der Waals surface area contributed by atoms with Crippen LogP contribution in [0.15, 0.2) is 78.9 Å². The first-order chi connectivity index (χ1) is 32.4. The van der Waals surface area contributed by atoms with Crippen LogP contribution in [-0.4, -0.2) is 81.1 Å². The summed E-state index contributed by atoms with van der Waals surface area (Å²) in [6.45, 7) is 27.9. The zero-order valence-corrected chi connectivity index (χ0v) is 43.6.